The minimum atomic E-state index is -1.32. The molecule has 0 atom stereocenters. The summed E-state index contributed by atoms with van der Waals surface area (Å²) >= 11 is 0. The lowest BCUT2D eigenvalue weighted by atomic mass is 10.1. The molecule has 0 aliphatic carbocycles. The summed E-state index contributed by atoms with van der Waals surface area (Å²) < 4.78 is 21.9. The van der Waals surface area contributed by atoms with Crippen LogP contribution in [0.2, 0.25) is 0 Å². The van der Waals surface area contributed by atoms with Gasteiger partial charge in [-0.25, -0.2) is 0 Å². The molecule has 3 nitrogen and oxygen atoms in total. The van der Waals surface area contributed by atoms with Crippen LogP contribution in [0.3, 0.4) is 0 Å². The Hall–Kier alpha value is -1.32. The largest absolute Gasteiger partial charge is 0.379 e. The lowest BCUT2D eigenvalue weighted by molar-refractivity contribution is 0.0385. The van der Waals surface area contributed by atoms with E-state index >= 15 is 0 Å². The van der Waals surface area contributed by atoms with Gasteiger partial charge in [0.2, 0.25) is 0 Å². The van der Waals surface area contributed by atoms with E-state index in [2.05, 4.69) is 4.98 Å². The van der Waals surface area contributed by atoms with E-state index in [-0.39, 0.29) is 0 Å². The van der Waals surface area contributed by atoms with E-state index in [1.165, 1.54) is 0 Å². The molecular formula is C14H18N2O. The van der Waals surface area contributed by atoms with Gasteiger partial charge in [-0.15, -0.1) is 0 Å². The van der Waals surface area contributed by atoms with Crippen LogP contribution in [-0.4, -0.2) is 42.7 Å². The lowest BCUT2D eigenvalue weighted by Crippen LogP contribution is -2.37. The summed E-state index contributed by atoms with van der Waals surface area (Å²) in [7, 11) is 0. The molecule has 1 aromatic carbocycles. The van der Waals surface area contributed by atoms with Crippen LogP contribution in [-0.2, 0) is 11.2 Å². The Morgan fingerprint density at radius 3 is 3.00 bits per heavy atom. The minimum Gasteiger partial charge on any atom is -0.379 e. The molecule has 17 heavy (non-hydrogen) atoms. The smallest absolute Gasteiger partial charge is 0.0594 e. The van der Waals surface area contributed by atoms with Crippen LogP contribution in [0.1, 0.15) is 8.30 Å². The summed E-state index contributed by atoms with van der Waals surface area (Å²) in [6, 6.07) is 8.03. The first-order chi connectivity index (χ1) is 9.17. The SMILES string of the molecule is [2H]C([2H])(Cc1c[nH]c2ccccc12)N1CCOCC1. The standard InChI is InChI=1S/C14H18N2O/c1-2-4-14-13(3-1)12(11-15-14)5-6-16-7-9-17-10-8-16/h1-4,11,15H,5-10H2/i6D2. The number of aryl methyl sites for hydroxylation is 1. The highest BCUT2D eigenvalue weighted by atomic mass is 16.5. The molecule has 2 heterocycles. The van der Waals surface area contributed by atoms with E-state index in [0.29, 0.717) is 32.7 Å². The number of rotatable bonds is 3. The highest BCUT2D eigenvalue weighted by Gasteiger charge is 2.11. The highest BCUT2D eigenvalue weighted by Crippen LogP contribution is 2.18. The average Bonchev–Trinajstić information content (AvgIpc) is 2.83. The van der Waals surface area contributed by atoms with Gasteiger partial charge in [-0.05, 0) is 18.1 Å². The number of hydrogen-bond donors (Lipinski definition) is 1. The summed E-state index contributed by atoms with van der Waals surface area (Å²) in [5.41, 5.74) is 2.10. The zero-order valence-electron chi connectivity index (χ0n) is 11.8. The maximum absolute atomic E-state index is 8.30. The van der Waals surface area contributed by atoms with Gasteiger partial charge in [-0.2, -0.15) is 0 Å². The third-order valence-electron chi connectivity index (χ3n) is 3.18. The van der Waals surface area contributed by atoms with Crippen molar-refractivity contribution in [2.45, 2.75) is 6.42 Å². The number of hydrogen-bond acceptors (Lipinski definition) is 2. The van der Waals surface area contributed by atoms with Crippen molar-refractivity contribution in [1.29, 1.82) is 0 Å². The molecule has 3 heteroatoms. The fourth-order valence-corrected chi connectivity index (χ4v) is 2.20. The van der Waals surface area contributed by atoms with Crippen molar-refractivity contribution in [3.8, 4) is 0 Å². The van der Waals surface area contributed by atoms with Crippen molar-refractivity contribution in [3.63, 3.8) is 0 Å². The summed E-state index contributed by atoms with van der Waals surface area (Å²) in [5.74, 6) is 0. The molecule has 1 aromatic heterocycles. The Labute approximate surface area is 104 Å². The van der Waals surface area contributed by atoms with Crippen molar-refractivity contribution in [2.24, 2.45) is 0 Å². The number of aromatic amines is 1. The molecule has 0 radical (unpaired) electrons. The van der Waals surface area contributed by atoms with Crippen molar-refractivity contribution in [3.05, 3.63) is 36.0 Å². The molecule has 3 rings (SSSR count). The van der Waals surface area contributed by atoms with E-state index in [1.54, 1.807) is 0 Å². The second-order valence-electron chi connectivity index (χ2n) is 4.29. The van der Waals surface area contributed by atoms with Gasteiger partial charge in [0.05, 0.1) is 13.2 Å². The third-order valence-corrected chi connectivity index (χ3v) is 3.18. The van der Waals surface area contributed by atoms with Gasteiger partial charge >= 0.3 is 0 Å². The molecule has 1 aliphatic rings. The molecule has 1 saturated heterocycles. The second-order valence-corrected chi connectivity index (χ2v) is 4.29. The molecule has 0 unspecified atom stereocenters. The second kappa shape index (κ2) is 4.90. The fraction of sp³-hybridized carbons (Fsp3) is 0.429. The van der Waals surface area contributed by atoms with Crippen LogP contribution in [0.4, 0.5) is 0 Å². The number of nitrogens with zero attached hydrogens (tertiary/aromatic N) is 1. The van der Waals surface area contributed by atoms with E-state index in [9.17, 15) is 0 Å². The van der Waals surface area contributed by atoms with Crippen molar-refractivity contribution in [1.82, 2.24) is 9.88 Å². The van der Waals surface area contributed by atoms with E-state index in [0.717, 1.165) is 16.5 Å². The average molecular weight is 232 g/mol. The lowest BCUT2D eigenvalue weighted by Gasteiger charge is -2.26. The van der Waals surface area contributed by atoms with Crippen molar-refractivity contribution >= 4 is 10.9 Å². The predicted molar refractivity (Wildman–Crippen MR) is 69.3 cm³/mol. The molecule has 1 fully saturated rings. The van der Waals surface area contributed by atoms with E-state index in [1.807, 2.05) is 35.4 Å². The Morgan fingerprint density at radius 1 is 1.29 bits per heavy atom. The Balaban J connectivity index is 1.83. The Bertz CT molecular complexity index is 561. The van der Waals surface area contributed by atoms with Gasteiger partial charge in [0, 0.05) is 39.4 Å². The first-order valence-electron chi connectivity index (χ1n) is 7.05. The van der Waals surface area contributed by atoms with E-state index < -0.39 is 6.50 Å². The van der Waals surface area contributed by atoms with Gasteiger partial charge < -0.3 is 9.72 Å². The number of fused-ring (bicyclic) bond motifs is 1. The fourth-order valence-electron chi connectivity index (χ4n) is 2.20. The van der Waals surface area contributed by atoms with Crippen LogP contribution in [0, 0.1) is 0 Å². The number of morpholine rings is 1. The molecule has 0 saturated carbocycles. The molecule has 0 amide bonds. The number of H-pyrrole nitrogens is 1. The predicted octanol–water partition coefficient (Wildman–Crippen LogP) is 2.04. The van der Waals surface area contributed by atoms with Crippen LogP contribution in [0.15, 0.2) is 30.5 Å². The number of para-hydroxylation sites is 1. The van der Waals surface area contributed by atoms with Gasteiger partial charge in [-0.1, -0.05) is 18.2 Å². The molecule has 1 aliphatic heterocycles. The molecule has 0 bridgehead atoms. The number of aromatic nitrogens is 1. The zero-order valence-corrected chi connectivity index (χ0v) is 9.78. The third kappa shape index (κ3) is 2.35. The monoisotopic (exact) mass is 232 g/mol. The van der Waals surface area contributed by atoms with Crippen LogP contribution in [0.5, 0.6) is 0 Å². The molecule has 1 N–H and O–H groups in total. The quantitative estimate of drug-likeness (QED) is 0.877. The molecule has 2 aromatic rings. The van der Waals surface area contributed by atoms with Gasteiger partial charge in [0.1, 0.15) is 0 Å². The first kappa shape index (κ1) is 8.72. The molecular weight excluding hydrogens is 212 g/mol. The van der Waals surface area contributed by atoms with E-state index in [4.69, 9.17) is 7.48 Å². The maximum atomic E-state index is 8.30. The van der Waals surface area contributed by atoms with Crippen LogP contribution >= 0.6 is 0 Å². The van der Waals surface area contributed by atoms with Gasteiger partial charge in [0.15, 0.2) is 0 Å². The zero-order chi connectivity index (χ0) is 13.3. The van der Waals surface area contributed by atoms with Crippen LogP contribution < -0.4 is 0 Å². The topological polar surface area (TPSA) is 28.3 Å². The molecule has 90 valence electrons. The number of nitrogens with one attached hydrogen (secondary N) is 1. The Kier molecular flexibility index (Phi) is 2.51. The Morgan fingerprint density at radius 2 is 2.12 bits per heavy atom. The number of benzene rings is 1. The van der Waals surface area contributed by atoms with Crippen molar-refractivity contribution < 1.29 is 7.48 Å². The van der Waals surface area contributed by atoms with Gasteiger partial charge in [0.25, 0.3) is 0 Å². The normalized spacial score (nSPS) is 20.2. The van der Waals surface area contributed by atoms with Crippen molar-refractivity contribution in [2.75, 3.05) is 32.8 Å². The summed E-state index contributed by atoms with van der Waals surface area (Å²) in [4.78, 5) is 5.08. The molecule has 0 spiro atoms. The van der Waals surface area contributed by atoms with Crippen LogP contribution in [0.25, 0.3) is 10.9 Å². The first-order valence-corrected chi connectivity index (χ1v) is 6.05. The summed E-state index contributed by atoms with van der Waals surface area (Å²) in [6.45, 7) is 1.24. The maximum Gasteiger partial charge on any atom is 0.0594 e. The van der Waals surface area contributed by atoms with Gasteiger partial charge in [-0.3, -0.25) is 4.90 Å². The summed E-state index contributed by atoms with van der Waals surface area (Å²) in [5, 5.41) is 1.11. The summed E-state index contributed by atoms with van der Waals surface area (Å²) in [6.07, 6.45) is 2.32. The number of ether oxygens (including phenoxy) is 1. The minimum absolute atomic E-state index is 0.400. The highest BCUT2D eigenvalue weighted by molar-refractivity contribution is 5.83.